The second-order valence-corrected chi connectivity index (χ2v) is 6.34. The van der Waals surface area contributed by atoms with Crippen LogP contribution in [0.2, 0.25) is 0 Å². The Kier molecular flexibility index (Phi) is 8.14. The molecule has 1 heterocycles. The lowest BCUT2D eigenvalue weighted by molar-refractivity contribution is 0.129. The zero-order valence-electron chi connectivity index (χ0n) is 15.3. The molecule has 1 aromatic carbocycles. The molecule has 0 aliphatic rings. The highest BCUT2D eigenvalue weighted by Crippen LogP contribution is 2.22. The molecule has 0 atom stereocenters. The maximum absolute atomic E-state index is 6.00. The Hall–Kier alpha value is -1.84. The summed E-state index contributed by atoms with van der Waals surface area (Å²) in [4.78, 5) is 8.34. The van der Waals surface area contributed by atoms with Crippen molar-refractivity contribution in [1.29, 1.82) is 0 Å². The van der Waals surface area contributed by atoms with Crippen molar-refractivity contribution in [3.8, 4) is 5.75 Å². The molecule has 0 radical (unpaired) electrons. The first kappa shape index (κ1) is 21.2. The van der Waals surface area contributed by atoms with Crippen LogP contribution in [-0.4, -0.2) is 28.7 Å². The number of nitrogens with one attached hydrogen (secondary N) is 2. The minimum absolute atomic E-state index is 0. The van der Waals surface area contributed by atoms with Gasteiger partial charge in [0.25, 0.3) is 0 Å². The number of hydrogen-bond acceptors (Lipinski definition) is 5. The first-order valence-electron chi connectivity index (χ1n) is 7.88. The molecule has 7 nitrogen and oxygen atoms in total. The molecule has 2 aromatic rings. The minimum atomic E-state index is -0.244. The van der Waals surface area contributed by atoms with Gasteiger partial charge in [-0.3, -0.25) is 4.99 Å². The summed E-state index contributed by atoms with van der Waals surface area (Å²) in [6, 6.07) is 7.96. The van der Waals surface area contributed by atoms with Crippen molar-refractivity contribution < 1.29 is 9.26 Å². The van der Waals surface area contributed by atoms with Crippen molar-refractivity contribution in [3.63, 3.8) is 0 Å². The zero-order valence-corrected chi connectivity index (χ0v) is 17.6. The second-order valence-electron chi connectivity index (χ2n) is 6.34. The van der Waals surface area contributed by atoms with Crippen LogP contribution in [0.4, 0.5) is 0 Å². The first-order chi connectivity index (χ1) is 11.4. The fraction of sp³-hybridized carbons (Fsp3) is 0.471. The number of rotatable bonds is 5. The lowest BCUT2D eigenvalue weighted by Crippen LogP contribution is -2.36. The van der Waals surface area contributed by atoms with E-state index in [0.29, 0.717) is 30.8 Å². The number of aryl methyl sites for hydroxylation is 1. The number of hydrogen-bond donors (Lipinski definition) is 2. The van der Waals surface area contributed by atoms with Crippen molar-refractivity contribution in [1.82, 2.24) is 20.8 Å². The minimum Gasteiger partial charge on any atom is -0.488 e. The van der Waals surface area contributed by atoms with Gasteiger partial charge in [-0.25, -0.2) is 0 Å². The van der Waals surface area contributed by atoms with Crippen LogP contribution in [-0.2, 0) is 13.1 Å². The van der Waals surface area contributed by atoms with Gasteiger partial charge in [-0.2, -0.15) is 4.98 Å². The molecule has 0 saturated heterocycles. The number of halogens is 1. The van der Waals surface area contributed by atoms with Crippen molar-refractivity contribution in [2.75, 3.05) is 7.05 Å². The Morgan fingerprint density at radius 2 is 1.88 bits per heavy atom. The lowest BCUT2D eigenvalue weighted by atomic mass is 10.1. The predicted octanol–water partition coefficient (Wildman–Crippen LogP) is 3.04. The maximum atomic E-state index is 6.00. The monoisotopic (exact) mass is 459 g/mol. The van der Waals surface area contributed by atoms with Crippen molar-refractivity contribution >= 4 is 29.9 Å². The Morgan fingerprint density at radius 3 is 2.48 bits per heavy atom. The number of aromatic nitrogens is 2. The Labute approximate surface area is 165 Å². The van der Waals surface area contributed by atoms with Crippen LogP contribution in [0.1, 0.15) is 38.0 Å². The van der Waals surface area contributed by atoms with Crippen LogP contribution in [0, 0.1) is 6.92 Å². The summed E-state index contributed by atoms with van der Waals surface area (Å²) in [6.45, 7) is 8.89. The van der Waals surface area contributed by atoms with E-state index >= 15 is 0 Å². The van der Waals surface area contributed by atoms with Gasteiger partial charge in [0.15, 0.2) is 11.8 Å². The van der Waals surface area contributed by atoms with Crippen LogP contribution in [0.3, 0.4) is 0 Å². The number of nitrogens with zero attached hydrogens (tertiary/aromatic N) is 3. The van der Waals surface area contributed by atoms with E-state index in [9.17, 15) is 0 Å². The molecule has 138 valence electrons. The van der Waals surface area contributed by atoms with Crippen molar-refractivity contribution in [2.24, 2.45) is 4.99 Å². The third-order valence-corrected chi connectivity index (χ3v) is 3.04. The summed E-state index contributed by atoms with van der Waals surface area (Å²) in [5.41, 5.74) is 0.815. The van der Waals surface area contributed by atoms with E-state index in [2.05, 4.69) is 25.8 Å². The molecule has 2 N–H and O–H groups in total. The molecular formula is C17H26IN5O2. The molecule has 0 spiro atoms. The van der Waals surface area contributed by atoms with Gasteiger partial charge >= 0.3 is 0 Å². The number of benzene rings is 1. The number of aliphatic imine (C=N–C) groups is 1. The smallest absolute Gasteiger partial charge is 0.246 e. The van der Waals surface area contributed by atoms with E-state index in [4.69, 9.17) is 9.26 Å². The molecule has 0 amide bonds. The first-order valence-corrected chi connectivity index (χ1v) is 7.88. The molecule has 0 fully saturated rings. The van der Waals surface area contributed by atoms with Gasteiger partial charge < -0.3 is 19.9 Å². The Balaban J connectivity index is 0.00000312. The summed E-state index contributed by atoms with van der Waals surface area (Å²) >= 11 is 0. The normalized spacial score (nSPS) is 11.6. The maximum Gasteiger partial charge on any atom is 0.246 e. The van der Waals surface area contributed by atoms with Gasteiger partial charge in [0.1, 0.15) is 11.4 Å². The average Bonchev–Trinajstić information content (AvgIpc) is 2.93. The van der Waals surface area contributed by atoms with E-state index in [1.54, 1.807) is 14.0 Å². The number of guanidine groups is 1. The van der Waals surface area contributed by atoms with Gasteiger partial charge in [0.2, 0.25) is 5.89 Å². The van der Waals surface area contributed by atoms with Crippen molar-refractivity contribution in [3.05, 3.63) is 41.5 Å². The van der Waals surface area contributed by atoms with Gasteiger partial charge in [-0.05, 0) is 33.8 Å². The van der Waals surface area contributed by atoms with E-state index in [0.717, 1.165) is 11.3 Å². The fourth-order valence-electron chi connectivity index (χ4n) is 2.05. The highest BCUT2D eigenvalue weighted by atomic mass is 127. The molecule has 0 saturated carbocycles. The van der Waals surface area contributed by atoms with E-state index < -0.39 is 0 Å². The van der Waals surface area contributed by atoms with E-state index in [-0.39, 0.29) is 29.6 Å². The van der Waals surface area contributed by atoms with Gasteiger partial charge in [-0.1, -0.05) is 23.4 Å². The van der Waals surface area contributed by atoms with Crippen LogP contribution in [0.5, 0.6) is 5.75 Å². The highest BCUT2D eigenvalue weighted by molar-refractivity contribution is 14.0. The third-order valence-electron chi connectivity index (χ3n) is 3.04. The quantitative estimate of drug-likeness (QED) is 0.406. The van der Waals surface area contributed by atoms with Gasteiger partial charge in [0, 0.05) is 19.2 Å². The molecule has 25 heavy (non-hydrogen) atoms. The Morgan fingerprint density at radius 1 is 1.20 bits per heavy atom. The topological polar surface area (TPSA) is 84.6 Å². The average molecular weight is 459 g/mol. The second kappa shape index (κ2) is 9.59. The third kappa shape index (κ3) is 7.29. The predicted molar refractivity (Wildman–Crippen MR) is 108 cm³/mol. The fourth-order valence-corrected chi connectivity index (χ4v) is 2.05. The largest absolute Gasteiger partial charge is 0.488 e. The summed E-state index contributed by atoms with van der Waals surface area (Å²) in [6.07, 6.45) is 0. The Bertz CT molecular complexity index is 694. The van der Waals surface area contributed by atoms with Crippen molar-refractivity contribution in [2.45, 2.75) is 46.4 Å². The standard InChI is InChI=1S/C17H25N5O2.HI/c1-12-21-15(24-22-12)11-20-16(18-5)19-10-13-8-6-7-9-14(13)23-17(2,3)4;/h6-9H,10-11H2,1-5H3,(H2,18,19,20);1H. The van der Waals surface area contributed by atoms with E-state index in [1.807, 2.05) is 45.0 Å². The highest BCUT2D eigenvalue weighted by Gasteiger charge is 2.14. The molecular weight excluding hydrogens is 433 g/mol. The van der Waals surface area contributed by atoms with Crippen LogP contribution >= 0.6 is 24.0 Å². The molecule has 0 unspecified atom stereocenters. The summed E-state index contributed by atoms with van der Waals surface area (Å²) in [5, 5.41) is 10.2. The van der Waals surface area contributed by atoms with E-state index in [1.165, 1.54) is 0 Å². The molecule has 2 rings (SSSR count). The molecule has 0 aliphatic heterocycles. The van der Waals surface area contributed by atoms with Gasteiger partial charge in [-0.15, -0.1) is 24.0 Å². The summed E-state index contributed by atoms with van der Waals surface area (Å²) in [7, 11) is 1.71. The summed E-state index contributed by atoms with van der Waals surface area (Å²) < 4.78 is 11.1. The zero-order chi connectivity index (χ0) is 17.6. The molecule has 0 bridgehead atoms. The number of ether oxygens (including phenoxy) is 1. The van der Waals surface area contributed by atoms with Crippen LogP contribution < -0.4 is 15.4 Å². The lowest BCUT2D eigenvalue weighted by Gasteiger charge is -2.23. The molecule has 8 heteroatoms. The molecule has 1 aromatic heterocycles. The van der Waals surface area contributed by atoms with Crippen LogP contribution in [0.25, 0.3) is 0 Å². The van der Waals surface area contributed by atoms with Gasteiger partial charge in [0.05, 0.1) is 6.54 Å². The molecule has 0 aliphatic carbocycles. The van der Waals surface area contributed by atoms with Crippen LogP contribution in [0.15, 0.2) is 33.8 Å². The summed E-state index contributed by atoms with van der Waals surface area (Å²) in [5.74, 6) is 2.65. The number of para-hydroxylation sites is 1. The SMILES string of the molecule is CN=C(NCc1nc(C)no1)NCc1ccccc1OC(C)(C)C.I.